The van der Waals surface area contributed by atoms with Crippen molar-refractivity contribution in [3.8, 4) is 0 Å². The molecule has 1 aliphatic rings. The summed E-state index contributed by atoms with van der Waals surface area (Å²) >= 11 is 9.11. The maximum absolute atomic E-state index is 11.8. The third kappa shape index (κ3) is 2.98. The van der Waals surface area contributed by atoms with Gasteiger partial charge in [-0.1, -0.05) is 11.6 Å². The molecule has 17 heavy (non-hydrogen) atoms. The van der Waals surface area contributed by atoms with Crippen LogP contribution in [-0.2, 0) is 9.59 Å². The van der Waals surface area contributed by atoms with Gasteiger partial charge in [0, 0.05) is 15.9 Å². The van der Waals surface area contributed by atoms with E-state index in [1.54, 1.807) is 18.2 Å². The van der Waals surface area contributed by atoms with Crippen LogP contribution in [0.4, 0.5) is 5.69 Å². The summed E-state index contributed by atoms with van der Waals surface area (Å²) in [5, 5.41) is 5.94. The van der Waals surface area contributed by atoms with E-state index < -0.39 is 6.04 Å². The van der Waals surface area contributed by atoms with E-state index in [-0.39, 0.29) is 11.8 Å². The highest BCUT2D eigenvalue weighted by Crippen LogP contribution is 2.26. The van der Waals surface area contributed by atoms with Gasteiger partial charge in [0.2, 0.25) is 11.8 Å². The fourth-order valence-corrected chi connectivity index (χ4v) is 2.40. The van der Waals surface area contributed by atoms with Crippen LogP contribution < -0.4 is 10.6 Å². The van der Waals surface area contributed by atoms with Crippen molar-refractivity contribution in [2.24, 2.45) is 0 Å². The summed E-state index contributed by atoms with van der Waals surface area (Å²) in [5.74, 6) is -0.292. The first-order valence-electron chi connectivity index (χ1n) is 5.11. The third-order valence-corrected chi connectivity index (χ3v) is 3.39. The Balaban J connectivity index is 2.05. The molecule has 1 heterocycles. The highest BCUT2D eigenvalue weighted by molar-refractivity contribution is 9.10. The zero-order valence-corrected chi connectivity index (χ0v) is 11.1. The first-order valence-corrected chi connectivity index (χ1v) is 6.28. The van der Waals surface area contributed by atoms with Crippen molar-refractivity contribution in [2.75, 3.05) is 5.32 Å². The number of amides is 2. The molecule has 1 aromatic carbocycles. The van der Waals surface area contributed by atoms with Crippen LogP contribution in [0, 0.1) is 0 Å². The predicted molar refractivity (Wildman–Crippen MR) is 68.9 cm³/mol. The lowest BCUT2D eigenvalue weighted by molar-refractivity contribution is -0.122. The molecule has 0 saturated carbocycles. The summed E-state index contributed by atoms with van der Waals surface area (Å²) in [5.41, 5.74) is 0.639. The van der Waals surface area contributed by atoms with Crippen LogP contribution in [-0.4, -0.2) is 17.9 Å². The molecule has 1 aliphatic heterocycles. The molecule has 6 heteroatoms. The van der Waals surface area contributed by atoms with Crippen LogP contribution in [0.15, 0.2) is 22.7 Å². The molecule has 1 aromatic rings. The summed E-state index contributed by atoms with van der Waals surface area (Å²) in [6, 6.07) is 4.66. The molecule has 2 rings (SSSR count). The Morgan fingerprint density at radius 3 is 2.88 bits per heavy atom. The molecule has 0 spiro atoms. The molecule has 2 amide bonds. The molecule has 2 N–H and O–H groups in total. The monoisotopic (exact) mass is 316 g/mol. The minimum absolute atomic E-state index is 0.0830. The van der Waals surface area contributed by atoms with Gasteiger partial charge in [0.1, 0.15) is 6.04 Å². The van der Waals surface area contributed by atoms with Gasteiger partial charge in [0.05, 0.1) is 5.69 Å². The summed E-state index contributed by atoms with van der Waals surface area (Å²) in [4.78, 5) is 22.8. The second-order valence-corrected chi connectivity index (χ2v) is 5.06. The SMILES string of the molecule is O=C1CC[C@H](C(=O)Nc2ccc(Cl)cc2Br)N1. The molecule has 90 valence electrons. The zero-order valence-electron chi connectivity index (χ0n) is 8.80. The number of nitrogens with one attached hydrogen (secondary N) is 2. The predicted octanol–water partition coefficient (Wildman–Crippen LogP) is 2.32. The van der Waals surface area contributed by atoms with E-state index >= 15 is 0 Å². The number of benzene rings is 1. The van der Waals surface area contributed by atoms with Gasteiger partial charge in [-0.15, -0.1) is 0 Å². The highest BCUT2D eigenvalue weighted by atomic mass is 79.9. The number of rotatable bonds is 2. The summed E-state index contributed by atoms with van der Waals surface area (Å²) in [7, 11) is 0. The lowest BCUT2D eigenvalue weighted by Crippen LogP contribution is -2.37. The average molecular weight is 318 g/mol. The Labute approximate surface area is 112 Å². The van der Waals surface area contributed by atoms with Crippen LogP contribution in [0.5, 0.6) is 0 Å². The van der Waals surface area contributed by atoms with E-state index in [9.17, 15) is 9.59 Å². The minimum atomic E-state index is -0.440. The second-order valence-electron chi connectivity index (χ2n) is 3.77. The Hall–Kier alpha value is -1.07. The molecule has 0 aliphatic carbocycles. The van der Waals surface area contributed by atoms with Crippen LogP contribution in [0.25, 0.3) is 0 Å². The average Bonchev–Trinajstić information content (AvgIpc) is 2.69. The summed E-state index contributed by atoms with van der Waals surface area (Å²) < 4.78 is 0.711. The first-order chi connectivity index (χ1) is 8.06. The van der Waals surface area contributed by atoms with Crippen LogP contribution in [0.1, 0.15) is 12.8 Å². The maximum atomic E-state index is 11.8. The standard InChI is InChI=1S/C11H10BrClN2O2/c12-7-5-6(13)1-2-8(7)15-11(17)9-3-4-10(16)14-9/h1-2,5,9H,3-4H2,(H,14,16)(H,15,17)/t9-/m1/s1. The number of hydrogen-bond donors (Lipinski definition) is 2. The molecule has 1 saturated heterocycles. The van der Waals surface area contributed by atoms with Crippen molar-refractivity contribution in [1.29, 1.82) is 0 Å². The Morgan fingerprint density at radius 2 is 2.29 bits per heavy atom. The molecule has 1 fully saturated rings. The van der Waals surface area contributed by atoms with Gasteiger partial charge in [0.25, 0.3) is 0 Å². The molecular weight excluding hydrogens is 307 g/mol. The van der Waals surface area contributed by atoms with Gasteiger partial charge in [-0.25, -0.2) is 0 Å². The largest absolute Gasteiger partial charge is 0.344 e. The van der Waals surface area contributed by atoms with E-state index in [1.807, 2.05) is 0 Å². The molecular formula is C11H10BrClN2O2. The topological polar surface area (TPSA) is 58.2 Å². The first kappa shape index (κ1) is 12.4. The smallest absolute Gasteiger partial charge is 0.246 e. The van der Waals surface area contributed by atoms with Crippen molar-refractivity contribution in [3.63, 3.8) is 0 Å². The van der Waals surface area contributed by atoms with Crippen molar-refractivity contribution >= 4 is 45.0 Å². The molecule has 4 nitrogen and oxygen atoms in total. The highest BCUT2D eigenvalue weighted by Gasteiger charge is 2.27. The van der Waals surface area contributed by atoms with Gasteiger partial charge < -0.3 is 10.6 Å². The molecule has 1 atom stereocenters. The second kappa shape index (κ2) is 5.06. The van der Waals surface area contributed by atoms with E-state index in [0.717, 1.165) is 0 Å². The van der Waals surface area contributed by atoms with Crippen molar-refractivity contribution in [1.82, 2.24) is 5.32 Å². The Kier molecular flexibility index (Phi) is 3.69. The molecule has 0 bridgehead atoms. The van der Waals surface area contributed by atoms with Gasteiger partial charge >= 0.3 is 0 Å². The third-order valence-electron chi connectivity index (χ3n) is 2.50. The van der Waals surface area contributed by atoms with Crippen molar-refractivity contribution in [2.45, 2.75) is 18.9 Å². The number of carbonyl (C=O) groups is 2. The Bertz CT molecular complexity index is 479. The zero-order chi connectivity index (χ0) is 12.4. The number of hydrogen-bond acceptors (Lipinski definition) is 2. The van der Waals surface area contributed by atoms with E-state index in [4.69, 9.17) is 11.6 Å². The lowest BCUT2D eigenvalue weighted by Gasteiger charge is -2.12. The molecule has 0 aromatic heterocycles. The van der Waals surface area contributed by atoms with Crippen LogP contribution in [0.2, 0.25) is 5.02 Å². The number of anilines is 1. The summed E-state index contributed by atoms with van der Waals surface area (Å²) in [6.07, 6.45) is 0.940. The van der Waals surface area contributed by atoms with Crippen molar-refractivity contribution in [3.05, 3.63) is 27.7 Å². The lowest BCUT2D eigenvalue weighted by atomic mass is 10.2. The minimum Gasteiger partial charge on any atom is -0.344 e. The maximum Gasteiger partial charge on any atom is 0.246 e. The normalized spacial score (nSPS) is 18.9. The number of carbonyl (C=O) groups excluding carboxylic acids is 2. The fraction of sp³-hybridized carbons (Fsp3) is 0.273. The fourth-order valence-electron chi connectivity index (χ4n) is 1.62. The molecule has 0 radical (unpaired) electrons. The summed E-state index contributed by atoms with van der Waals surface area (Å²) in [6.45, 7) is 0. The van der Waals surface area contributed by atoms with E-state index in [1.165, 1.54) is 0 Å². The van der Waals surface area contributed by atoms with E-state index in [0.29, 0.717) is 28.0 Å². The van der Waals surface area contributed by atoms with Crippen LogP contribution in [0.3, 0.4) is 0 Å². The molecule has 0 unspecified atom stereocenters. The van der Waals surface area contributed by atoms with Crippen molar-refractivity contribution < 1.29 is 9.59 Å². The Morgan fingerprint density at radius 1 is 1.53 bits per heavy atom. The van der Waals surface area contributed by atoms with Gasteiger partial charge in [0.15, 0.2) is 0 Å². The van der Waals surface area contributed by atoms with Crippen LogP contribution >= 0.6 is 27.5 Å². The van der Waals surface area contributed by atoms with Gasteiger partial charge in [-0.2, -0.15) is 0 Å². The van der Waals surface area contributed by atoms with Gasteiger partial charge in [-0.3, -0.25) is 9.59 Å². The van der Waals surface area contributed by atoms with Gasteiger partial charge in [-0.05, 0) is 40.5 Å². The number of halogens is 2. The van der Waals surface area contributed by atoms with E-state index in [2.05, 4.69) is 26.6 Å². The quantitative estimate of drug-likeness (QED) is 0.879.